The Morgan fingerprint density at radius 2 is 1.50 bits per heavy atom. The van der Waals surface area contributed by atoms with Crippen molar-refractivity contribution in [3.63, 3.8) is 0 Å². The fourth-order valence-electron chi connectivity index (χ4n) is 2.90. The fraction of sp³-hybridized carbons (Fsp3) is 0.250. The molecule has 22 heavy (non-hydrogen) atoms. The monoisotopic (exact) mass is 292 g/mol. The third-order valence-electron chi connectivity index (χ3n) is 4.20. The highest BCUT2D eigenvalue weighted by Crippen LogP contribution is 2.28. The first kappa shape index (κ1) is 14.6. The van der Waals surface area contributed by atoms with Crippen LogP contribution in [0.15, 0.2) is 71.8 Å². The average molecular weight is 292 g/mol. The molecule has 0 radical (unpaired) electrons. The number of esters is 1. The van der Waals surface area contributed by atoms with Crippen molar-refractivity contribution in [3.8, 4) is 0 Å². The first-order valence-electron chi connectivity index (χ1n) is 7.72. The number of ether oxygens (including phenoxy) is 1. The van der Waals surface area contributed by atoms with Crippen molar-refractivity contribution in [2.75, 3.05) is 0 Å². The van der Waals surface area contributed by atoms with Gasteiger partial charge in [-0.05, 0) is 42.9 Å². The van der Waals surface area contributed by atoms with Gasteiger partial charge in [0, 0.05) is 5.57 Å². The smallest absolute Gasteiger partial charge is 0.334 e. The van der Waals surface area contributed by atoms with Crippen LogP contribution in [-0.2, 0) is 22.4 Å². The Balaban J connectivity index is 1.72. The normalized spacial score (nSPS) is 17.7. The van der Waals surface area contributed by atoms with E-state index in [-0.39, 0.29) is 12.1 Å². The maximum absolute atomic E-state index is 11.9. The van der Waals surface area contributed by atoms with Crippen molar-refractivity contribution in [3.05, 3.63) is 82.9 Å². The van der Waals surface area contributed by atoms with E-state index >= 15 is 0 Å². The maximum atomic E-state index is 11.9. The van der Waals surface area contributed by atoms with Gasteiger partial charge in [-0.3, -0.25) is 0 Å². The fourth-order valence-corrected chi connectivity index (χ4v) is 2.90. The van der Waals surface area contributed by atoms with E-state index in [0.29, 0.717) is 0 Å². The topological polar surface area (TPSA) is 26.3 Å². The van der Waals surface area contributed by atoms with Crippen molar-refractivity contribution < 1.29 is 9.53 Å². The molecule has 1 unspecified atom stereocenters. The van der Waals surface area contributed by atoms with E-state index in [9.17, 15) is 4.79 Å². The van der Waals surface area contributed by atoms with Crippen molar-refractivity contribution in [2.24, 2.45) is 0 Å². The zero-order chi connectivity index (χ0) is 15.4. The van der Waals surface area contributed by atoms with Crippen LogP contribution >= 0.6 is 0 Å². The Kier molecular flexibility index (Phi) is 4.38. The standard InChI is InChI=1S/C20H20O2/c1-15-18(14-17-10-6-3-7-11-17)19(22-20(15)21)13-12-16-8-4-2-5-9-16/h2-11,19H,12-14H2,1H3. The van der Waals surface area contributed by atoms with Crippen molar-refractivity contribution in [1.29, 1.82) is 0 Å². The Bertz CT molecular complexity index is 671. The molecule has 0 aromatic heterocycles. The molecule has 3 rings (SSSR count). The molecule has 0 saturated carbocycles. The summed E-state index contributed by atoms with van der Waals surface area (Å²) < 4.78 is 5.57. The van der Waals surface area contributed by atoms with Gasteiger partial charge in [-0.2, -0.15) is 0 Å². The highest BCUT2D eigenvalue weighted by molar-refractivity contribution is 5.91. The summed E-state index contributed by atoms with van der Waals surface area (Å²) in [4.78, 5) is 11.9. The summed E-state index contributed by atoms with van der Waals surface area (Å²) in [5, 5.41) is 0. The summed E-state index contributed by atoms with van der Waals surface area (Å²) in [6, 6.07) is 20.6. The molecule has 0 aliphatic carbocycles. The highest BCUT2D eigenvalue weighted by Gasteiger charge is 2.30. The van der Waals surface area contributed by atoms with Crippen LogP contribution in [0.2, 0.25) is 0 Å². The molecule has 1 aliphatic heterocycles. The Morgan fingerprint density at radius 3 is 2.14 bits per heavy atom. The minimum Gasteiger partial charge on any atom is -0.454 e. The number of carbonyl (C=O) groups is 1. The first-order chi connectivity index (χ1) is 10.7. The second kappa shape index (κ2) is 6.61. The summed E-state index contributed by atoms with van der Waals surface area (Å²) in [6.07, 6.45) is 2.46. The molecule has 1 aliphatic rings. The van der Waals surface area contributed by atoms with Gasteiger partial charge < -0.3 is 4.74 Å². The van der Waals surface area contributed by atoms with E-state index in [4.69, 9.17) is 4.74 Å². The first-order valence-corrected chi connectivity index (χ1v) is 7.72. The van der Waals surface area contributed by atoms with Gasteiger partial charge in [-0.15, -0.1) is 0 Å². The summed E-state index contributed by atoms with van der Waals surface area (Å²) in [5.74, 6) is -0.163. The van der Waals surface area contributed by atoms with Crippen LogP contribution in [0.25, 0.3) is 0 Å². The summed E-state index contributed by atoms with van der Waals surface area (Å²) in [7, 11) is 0. The van der Waals surface area contributed by atoms with Gasteiger partial charge in [-0.1, -0.05) is 60.7 Å². The van der Waals surface area contributed by atoms with Gasteiger partial charge >= 0.3 is 5.97 Å². The summed E-state index contributed by atoms with van der Waals surface area (Å²) in [6.45, 7) is 1.88. The lowest BCUT2D eigenvalue weighted by atomic mass is 9.94. The van der Waals surface area contributed by atoms with Crippen LogP contribution in [0, 0.1) is 0 Å². The van der Waals surface area contributed by atoms with E-state index in [2.05, 4.69) is 24.3 Å². The number of cyclic esters (lactones) is 1. The SMILES string of the molecule is CC1=C(Cc2ccccc2)C(CCc2ccccc2)OC1=O. The van der Waals surface area contributed by atoms with E-state index in [1.165, 1.54) is 11.1 Å². The lowest BCUT2D eigenvalue weighted by Gasteiger charge is -2.14. The number of hydrogen-bond acceptors (Lipinski definition) is 2. The van der Waals surface area contributed by atoms with Crippen LogP contribution < -0.4 is 0 Å². The van der Waals surface area contributed by atoms with Gasteiger partial charge in [0.25, 0.3) is 0 Å². The molecule has 112 valence electrons. The van der Waals surface area contributed by atoms with Crippen LogP contribution in [-0.4, -0.2) is 12.1 Å². The molecule has 0 saturated heterocycles. The van der Waals surface area contributed by atoms with Gasteiger partial charge in [0.1, 0.15) is 6.10 Å². The Hall–Kier alpha value is -2.35. The zero-order valence-corrected chi connectivity index (χ0v) is 12.8. The van der Waals surface area contributed by atoms with E-state index in [1.54, 1.807) is 0 Å². The molecule has 2 nitrogen and oxygen atoms in total. The maximum Gasteiger partial charge on any atom is 0.334 e. The van der Waals surface area contributed by atoms with Crippen LogP contribution in [0.1, 0.15) is 24.5 Å². The highest BCUT2D eigenvalue weighted by atomic mass is 16.5. The number of aryl methyl sites for hydroxylation is 1. The van der Waals surface area contributed by atoms with E-state index in [1.807, 2.05) is 43.3 Å². The largest absolute Gasteiger partial charge is 0.454 e. The third kappa shape index (κ3) is 3.28. The molecule has 0 bridgehead atoms. The van der Waals surface area contributed by atoms with Gasteiger partial charge in [-0.25, -0.2) is 4.79 Å². The molecule has 0 fully saturated rings. The quantitative estimate of drug-likeness (QED) is 0.775. The minimum atomic E-state index is -0.163. The zero-order valence-electron chi connectivity index (χ0n) is 12.8. The van der Waals surface area contributed by atoms with Crippen molar-refractivity contribution in [1.82, 2.24) is 0 Å². The molecular formula is C20H20O2. The number of rotatable bonds is 5. The molecule has 0 spiro atoms. The molecule has 0 amide bonds. The van der Waals surface area contributed by atoms with Gasteiger partial charge in [0.2, 0.25) is 0 Å². The van der Waals surface area contributed by atoms with Crippen molar-refractivity contribution >= 4 is 5.97 Å². The number of carbonyl (C=O) groups excluding carboxylic acids is 1. The van der Waals surface area contributed by atoms with Crippen LogP contribution in [0.5, 0.6) is 0 Å². The Labute approximate surface area is 131 Å². The molecular weight excluding hydrogens is 272 g/mol. The lowest BCUT2D eigenvalue weighted by molar-refractivity contribution is -0.139. The van der Waals surface area contributed by atoms with E-state index in [0.717, 1.165) is 30.4 Å². The average Bonchev–Trinajstić information content (AvgIpc) is 2.83. The lowest BCUT2D eigenvalue weighted by Crippen LogP contribution is -2.14. The van der Waals surface area contributed by atoms with Gasteiger partial charge in [0.05, 0.1) is 0 Å². The van der Waals surface area contributed by atoms with Crippen molar-refractivity contribution in [2.45, 2.75) is 32.3 Å². The second-order valence-electron chi connectivity index (χ2n) is 5.73. The summed E-state index contributed by atoms with van der Waals surface area (Å²) in [5.41, 5.74) is 4.41. The molecule has 2 heteroatoms. The predicted octanol–water partition coefficient (Wildman–Crippen LogP) is 4.10. The van der Waals surface area contributed by atoms with Crippen LogP contribution in [0.3, 0.4) is 0 Å². The molecule has 0 N–H and O–H groups in total. The molecule has 2 aromatic rings. The Morgan fingerprint density at radius 1 is 0.909 bits per heavy atom. The predicted molar refractivity (Wildman–Crippen MR) is 87.5 cm³/mol. The van der Waals surface area contributed by atoms with Gasteiger partial charge in [0.15, 0.2) is 0 Å². The number of hydrogen-bond donors (Lipinski definition) is 0. The molecule has 1 heterocycles. The molecule has 2 aromatic carbocycles. The summed E-state index contributed by atoms with van der Waals surface area (Å²) >= 11 is 0. The minimum absolute atomic E-state index is 0.0899. The van der Waals surface area contributed by atoms with E-state index < -0.39 is 0 Å². The number of benzene rings is 2. The second-order valence-corrected chi connectivity index (χ2v) is 5.73. The third-order valence-corrected chi connectivity index (χ3v) is 4.20. The molecule has 1 atom stereocenters. The van der Waals surface area contributed by atoms with Crippen LogP contribution in [0.4, 0.5) is 0 Å².